The molecule has 1 aliphatic heterocycles. The van der Waals surface area contributed by atoms with E-state index in [2.05, 4.69) is 10.6 Å². The number of urea groups is 1. The van der Waals surface area contributed by atoms with Crippen molar-refractivity contribution in [1.82, 2.24) is 10.2 Å². The molecule has 8 nitrogen and oxygen atoms in total. The standard InChI is InChI=1S/C22H23N3O5S/c1-13-5-3-4-6-14(13)11-15-12-16(18(31-15)7-8-19(27)28)23-22(30)24-20-17(26)9-10-25(2)21(20)29/h3-6,9-10,12,20H,7-8,11H2,1-2H3,(H,27,28)(H2,23,24,30)/t20-/m0/s1. The Balaban J connectivity index is 1.77. The Morgan fingerprint density at radius 3 is 2.68 bits per heavy atom. The van der Waals surface area contributed by atoms with E-state index in [1.54, 1.807) is 0 Å². The number of carboxylic acid groups (broad SMARTS) is 1. The van der Waals surface area contributed by atoms with Gasteiger partial charge in [-0.15, -0.1) is 11.3 Å². The maximum Gasteiger partial charge on any atom is 0.320 e. The van der Waals surface area contributed by atoms with Crippen LogP contribution in [-0.2, 0) is 27.2 Å². The first-order valence-electron chi connectivity index (χ1n) is 9.68. The Bertz CT molecular complexity index is 1060. The third-order valence-electron chi connectivity index (χ3n) is 4.92. The monoisotopic (exact) mass is 441 g/mol. The van der Waals surface area contributed by atoms with Crippen LogP contribution < -0.4 is 10.6 Å². The van der Waals surface area contributed by atoms with Crippen LogP contribution in [0, 0.1) is 6.92 Å². The molecule has 0 aliphatic carbocycles. The minimum Gasteiger partial charge on any atom is -0.481 e. The Hall–Kier alpha value is -3.46. The van der Waals surface area contributed by atoms with E-state index < -0.39 is 29.7 Å². The van der Waals surface area contributed by atoms with Crippen molar-refractivity contribution < 1.29 is 24.3 Å². The van der Waals surface area contributed by atoms with Crippen molar-refractivity contribution in [3.05, 3.63) is 63.5 Å². The van der Waals surface area contributed by atoms with Crippen molar-refractivity contribution in [2.75, 3.05) is 12.4 Å². The van der Waals surface area contributed by atoms with Crippen LogP contribution >= 0.6 is 11.3 Å². The number of aliphatic carboxylic acids is 1. The first kappa shape index (κ1) is 22.2. The van der Waals surface area contributed by atoms with Gasteiger partial charge in [-0.25, -0.2) is 4.79 Å². The molecule has 3 rings (SSSR count). The van der Waals surface area contributed by atoms with Crippen molar-refractivity contribution in [1.29, 1.82) is 0 Å². The third-order valence-corrected chi connectivity index (χ3v) is 6.11. The highest BCUT2D eigenvalue weighted by Gasteiger charge is 2.32. The average molecular weight is 442 g/mol. The topological polar surface area (TPSA) is 116 Å². The van der Waals surface area contributed by atoms with Crippen LogP contribution in [0.15, 0.2) is 42.6 Å². The molecule has 162 valence electrons. The number of thiophene rings is 1. The summed E-state index contributed by atoms with van der Waals surface area (Å²) in [5, 5.41) is 14.1. The molecule has 1 aromatic carbocycles. The van der Waals surface area contributed by atoms with Crippen LogP contribution in [0.2, 0.25) is 0 Å². The normalized spacial score (nSPS) is 15.8. The van der Waals surface area contributed by atoms with Crippen molar-refractivity contribution in [2.45, 2.75) is 32.2 Å². The van der Waals surface area contributed by atoms with Crippen molar-refractivity contribution in [2.24, 2.45) is 0 Å². The van der Waals surface area contributed by atoms with Gasteiger partial charge in [0.2, 0.25) is 0 Å². The molecule has 0 radical (unpaired) electrons. The summed E-state index contributed by atoms with van der Waals surface area (Å²) in [5.41, 5.74) is 2.76. The number of benzene rings is 1. The maximum atomic E-state index is 12.5. The number of nitrogens with zero attached hydrogens (tertiary/aromatic N) is 1. The van der Waals surface area contributed by atoms with Crippen LogP contribution in [-0.4, -0.2) is 46.8 Å². The van der Waals surface area contributed by atoms with E-state index in [-0.39, 0.29) is 12.8 Å². The molecular weight excluding hydrogens is 418 g/mol. The number of aryl methyl sites for hydroxylation is 2. The molecule has 1 aromatic heterocycles. The van der Waals surface area contributed by atoms with Gasteiger partial charge < -0.3 is 20.6 Å². The van der Waals surface area contributed by atoms with Gasteiger partial charge in [-0.3, -0.25) is 14.4 Å². The SMILES string of the molecule is Cc1ccccc1Cc1cc(NC(=O)N[C@H]2C(=O)C=CN(C)C2=O)c(CCC(=O)O)s1. The van der Waals surface area contributed by atoms with E-state index in [1.807, 2.05) is 37.3 Å². The van der Waals surface area contributed by atoms with Crippen LogP contribution in [0.4, 0.5) is 10.5 Å². The van der Waals surface area contributed by atoms with Gasteiger partial charge in [-0.1, -0.05) is 24.3 Å². The fourth-order valence-electron chi connectivity index (χ4n) is 3.18. The van der Waals surface area contributed by atoms with Gasteiger partial charge in [0.25, 0.3) is 5.91 Å². The molecule has 0 fully saturated rings. The fraction of sp³-hybridized carbons (Fsp3) is 0.273. The highest BCUT2D eigenvalue weighted by Crippen LogP contribution is 2.31. The van der Waals surface area contributed by atoms with Crippen molar-refractivity contribution in [3.63, 3.8) is 0 Å². The molecule has 1 aliphatic rings. The van der Waals surface area contributed by atoms with Gasteiger partial charge in [0.1, 0.15) is 0 Å². The number of nitrogens with one attached hydrogen (secondary N) is 2. The number of likely N-dealkylation sites (N-methyl/N-ethyl adjacent to an activating group) is 1. The fourth-order valence-corrected chi connectivity index (χ4v) is 4.33. The summed E-state index contributed by atoms with van der Waals surface area (Å²) in [7, 11) is 1.50. The van der Waals surface area contributed by atoms with E-state index in [9.17, 15) is 19.2 Å². The van der Waals surface area contributed by atoms with Crippen LogP contribution in [0.5, 0.6) is 0 Å². The lowest BCUT2D eigenvalue weighted by molar-refractivity contribution is -0.137. The van der Waals surface area contributed by atoms with Gasteiger partial charge in [0, 0.05) is 35.5 Å². The molecule has 3 N–H and O–H groups in total. The lowest BCUT2D eigenvalue weighted by Crippen LogP contribution is -2.53. The molecule has 31 heavy (non-hydrogen) atoms. The number of carbonyl (C=O) groups is 4. The predicted molar refractivity (Wildman–Crippen MR) is 117 cm³/mol. The zero-order valence-corrected chi connectivity index (χ0v) is 18.0. The summed E-state index contributed by atoms with van der Waals surface area (Å²) in [5.74, 6) is -1.97. The van der Waals surface area contributed by atoms with Gasteiger partial charge in [0.05, 0.1) is 12.1 Å². The molecule has 0 saturated heterocycles. The second-order valence-electron chi connectivity index (χ2n) is 7.25. The van der Waals surface area contributed by atoms with Crippen molar-refractivity contribution >= 4 is 40.7 Å². The van der Waals surface area contributed by atoms with Gasteiger partial charge in [-0.05, 0) is 30.5 Å². The molecule has 2 heterocycles. The van der Waals surface area contributed by atoms with Crippen LogP contribution in [0.1, 0.15) is 27.3 Å². The Labute approximate surface area is 183 Å². The Morgan fingerprint density at radius 2 is 1.97 bits per heavy atom. The smallest absolute Gasteiger partial charge is 0.320 e. The summed E-state index contributed by atoms with van der Waals surface area (Å²) < 4.78 is 0. The lowest BCUT2D eigenvalue weighted by atomic mass is 10.1. The number of ketones is 1. The first-order chi connectivity index (χ1) is 14.7. The molecule has 0 unspecified atom stereocenters. The molecule has 0 spiro atoms. The third kappa shape index (κ3) is 5.58. The molecule has 0 saturated carbocycles. The number of hydrogen-bond donors (Lipinski definition) is 3. The highest BCUT2D eigenvalue weighted by atomic mass is 32.1. The second kappa shape index (κ2) is 9.57. The molecule has 0 bridgehead atoms. The van der Waals surface area contributed by atoms with E-state index in [1.165, 1.54) is 35.6 Å². The first-order valence-corrected chi connectivity index (χ1v) is 10.5. The number of carbonyl (C=O) groups excluding carboxylic acids is 3. The average Bonchev–Trinajstić information content (AvgIpc) is 3.09. The second-order valence-corrected chi connectivity index (χ2v) is 8.47. The molecule has 2 aromatic rings. The lowest BCUT2D eigenvalue weighted by Gasteiger charge is -2.23. The van der Waals surface area contributed by atoms with Crippen molar-refractivity contribution in [3.8, 4) is 0 Å². The quantitative estimate of drug-likeness (QED) is 0.572. The van der Waals surface area contributed by atoms with Crippen LogP contribution in [0.25, 0.3) is 0 Å². The summed E-state index contributed by atoms with van der Waals surface area (Å²) in [4.78, 5) is 50.6. The Kier molecular flexibility index (Phi) is 6.86. The maximum absolute atomic E-state index is 12.5. The number of hydrogen-bond acceptors (Lipinski definition) is 5. The van der Waals surface area contributed by atoms with Gasteiger partial charge >= 0.3 is 12.0 Å². The van der Waals surface area contributed by atoms with E-state index >= 15 is 0 Å². The number of carboxylic acids is 1. The van der Waals surface area contributed by atoms with Gasteiger partial charge in [0.15, 0.2) is 11.8 Å². The summed E-state index contributed by atoms with van der Waals surface area (Å²) >= 11 is 1.44. The van der Waals surface area contributed by atoms with Gasteiger partial charge in [-0.2, -0.15) is 0 Å². The minimum absolute atomic E-state index is 0.0736. The molecule has 3 amide bonds. The van der Waals surface area contributed by atoms with E-state index in [0.717, 1.165) is 20.9 Å². The van der Waals surface area contributed by atoms with E-state index in [4.69, 9.17) is 5.11 Å². The number of amides is 3. The number of anilines is 1. The summed E-state index contributed by atoms with van der Waals surface area (Å²) in [6.07, 6.45) is 3.42. The molecule has 9 heteroatoms. The largest absolute Gasteiger partial charge is 0.481 e. The predicted octanol–water partition coefficient (Wildman–Crippen LogP) is 2.71. The number of rotatable bonds is 7. The highest BCUT2D eigenvalue weighted by molar-refractivity contribution is 7.12. The van der Waals surface area contributed by atoms with Crippen LogP contribution in [0.3, 0.4) is 0 Å². The zero-order valence-electron chi connectivity index (χ0n) is 17.2. The molecule has 1 atom stereocenters. The Morgan fingerprint density at radius 1 is 1.23 bits per heavy atom. The summed E-state index contributed by atoms with van der Waals surface area (Å²) in [6.45, 7) is 2.02. The summed E-state index contributed by atoms with van der Waals surface area (Å²) in [6, 6.07) is 7.78. The molecular formula is C22H23N3O5S. The minimum atomic E-state index is -1.29. The van der Waals surface area contributed by atoms with E-state index in [0.29, 0.717) is 12.1 Å². The zero-order chi connectivity index (χ0) is 22.5.